The zero-order valence-corrected chi connectivity index (χ0v) is 10.8. The monoisotopic (exact) mass is 268 g/mol. The SMILES string of the molecule is CC(=O)CCC(=O)c1cc(Cl)c2c(c1)OCCO2. The summed E-state index contributed by atoms with van der Waals surface area (Å²) >= 11 is 6.03. The molecule has 0 unspecified atom stereocenters. The van der Waals surface area contributed by atoms with Crippen LogP contribution in [0.15, 0.2) is 12.1 Å². The third-order valence-corrected chi connectivity index (χ3v) is 2.90. The van der Waals surface area contributed by atoms with Crippen LogP contribution < -0.4 is 9.47 Å². The van der Waals surface area contributed by atoms with Gasteiger partial charge in [-0.3, -0.25) is 4.79 Å². The van der Waals surface area contributed by atoms with Crippen molar-refractivity contribution in [3.8, 4) is 11.5 Å². The Morgan fingerprint density at radius 1 is 1.22 bits per heavy atom. The molecule has 0 spiro atoms. The van der Waals surface area contributed by atoms with Crippen LogP contribution in [-0.2, 0) is 4.79 Å². The Balaban J connectivity index is 2.21. The van der Waals surface area contributed by atoms with Crippen LogP contribution in [0.5, 0.6) is 11.5 Å². The second-order valence-electron chi connectivity index (χ2n) is 4.11. The number of rotatable bonds is 4. The van der Waals surface area contributed by atoms with E-state index in [1.807, 2.05) is 0 Å². The maximum absolute atomic E-state index is 11.9. The molecular weight excluding hydrogens is 256 g/mol. The van der Waals surface area contributed by atoms with Crippen molar-refractivity contribution < 1.29 is 19.1 Å². The summed E-state index contributed by atoms with van der Waals surface area (Å²) in [5, 5.41) is 0.360. The molecule has 1 heterocycles. The van der Waals surface area contributed by atoms with Crippen molar-refractivity contribution in [3.05, 3.63) is 22.7 Å². The highest BCUT2D eigenvalue weighted by Gasteiger charge is 2.19. The van der Waals surface area contributed by atoms with Crippen molar-refractivity contribution in [1.29, 1.82) is 0 Å². The van der Waals surface area contributed by atoms with Crippen molar-refractivity contribution in [1.82, 2.24) is 0 Å². The fourth-order valence-electron chi connectivity index (χ4n) is 1.71. The van der Waals surface area contributed by atoms with E-state index in [0.29, 0.717) is 35.3 Å². The Labute approximate surface area is 110 Å². The van der Waals surface area contributed by atoms with Crippen LogP contribution in [0.4, 0.5) is 0 Å². The lowest BCUT2D eigenvalue weighted by atomic mass is 10.0. The number of halogens is 1. The quantitative estimate of drug-likeness (QED) is 0.788. The average Bonchev–Trinajstić information content (AvgIpc) is 2.36. The molecule has 0 aliphatic carbocycles. The van der Waals surface area contributed by atoms with Gasteiger partial charge in [0, 0.05) is 18.4 Å². The van der Waals surface area contributed by atoms with Gasteiger partial charge in [-0.05, 0) is 19.1 Å². The third kappa shape index (κ3) is 2.82. The fourth-order valence-corrected chi connectivity index (χ4v) is 1.97. The average molecular weight is 269 g/mol. The van der Waals surface area contributed by atoms with E-state index in [4.69, 9.17) is 21.1 Å². The van der Waals surface area contributed by atoms with E-state index in [9.17, 15) is 9.59 Å². The molecule has 96 valence electrons. The van der Waals surface area contributed by atoms with Gasteiger partial charge in [0.15, 0.2) is 17.3 Å². The Bertz CT molecular complexity index is 496. The predicted molar refractivity (Wildman–Crippen MR) is 66.7 cm³/mol. The van der Waals surface area contributed by atoms with Crippen LogP contribution in [0.25, 0.3) is 0 Å². The van der Waals surface area contributed by atoms with Crippen molar-refractivity contribution in [2.24, 2.45) is 0 Å². The number of hydrogen-bond donors (Lipinski definition) is 0. The number of hydrogen-bond acceptors (Lipinski definition) is 4. The van der Waals surface area contributed by atoms with Gasteiger partial charge >= 0.3 is 0 Å². The number of carbonyl (C=O) groups is 2. The zero-order chi connectivity index (χ0) is 13.1. The third-order valence-electron chi connectivity index (χ3n) is 2.62. The summed E-state index contributed by atoms with van der Waals surface area (Å²) in [4.78, 5) is 22.7. The van der Waals surface area contributed by atoms with Gasteiger partial charge in [0.25, 0.3) is 0 Å². The Morgan fingerprint density at radius 2 is 1.94 bits per heavy atom. The number of carbonyl (C=O) groups excluding carboxylic acids is 2. The molecular formula is C13H13ClO4. The zero-order valence-electron chi connectivity index (χ0n) is 9.99. The maximum Gasteiger partial charge on any atom is 0.179 e. The number of fused-ring (bicyclic) bond motifs is 1. The minimum atomic E-state index is -0.121. The summed E-state index contributed by atoms with van der Waals surface area (Å²) < 4.78 is 10.8. The first-order chi connectivity index (χ1) is 8.58. The Morgan fingerprint density at radius 3 is 2.67 bits per heavy atom. The van der Waals surface area contributed by atoms with Crippen molar-refractivity contribution >= 4 is 23.2 Å². The first-order valence-corrected chi connectivity index (χ1v) is 6.07. The standard InChI is InChI=1S/C13H13ClO4/c1-8(15)2-3-11(16)9-6-10(14)13-12(7-9)17-4-5-18-13/h6-7H,2-5H2,1H3. The molecule has 0 amide bonds. The van der Waals surface area contributed by atoms with E-state index in [1.165, 1.54) is 6.92 Å². The summed E-state index contributed by atoms with van der Waals surface area (Å²) in [6.45, 7) is 2.35. The molecule has 1 aliphatic heterocycles. The molecule has 1 aromatic carbocycles. The lowest BCUT2D eigenvalue weighted by Crippen LogP contribution is -2.16. The molecule has 1 aliphatic rings. The highest BCUT2D eigenvalue weighted by molar-refractivity contribution is 6.32. The summed E-state index contributed by atoms with van der Waals surface area (Å²) in [6.07, 6.45) is 0.427. The molecule has 0 atom stereocenters. The number of ketones is 2. The second-order valence-corrected chi connectivity index (χ2v) is 4.51. The van der Waals surface area contributed by atoms with Gasteiger partial charge in [-0.2, -0.15) is 0 Å². The first kappa shape index (κ1) is 12.9. The highest BCUT2D eigenvalue weighted by Crippen LogP contribution is 2.38. The summed E-state index contributed by atoms with van der Waals surface area (Å²) in [5.41, 5.74) is 0.450. The molecule has 4 nitrogen and oxygen atoms in total. The lowest BCUT2D eigenvalue weighted by Gasteiger charge is -2.20. The number of ether oxygens (including phenoxy) is 2. The molecule has 1 aromatic rings. The molecule has 0 fully saturated rings. The lowest BCUT2D eigenvalue weighted by molar-refractivity contribution is -0.116. The van der Waals surface area contributed by atoms with E-state index in [-0.39, 0.29) is 24.4 Å². The van der Waals surface area contributed by atoms with Gasteiger partial charge in [-0.25, -0.2) is 0 Å². The molecule has 2 rings (SSSR count). The molecule has 5 heteroatoms. The summed E-state index contributed by atoms with van der Waals surface area (Å²) in [5.74, 6) is 0.835. The Hall–Kier alpha value is -1.55. The van der Waals surface area contributed by atoms with Gasteiger partial charge in [0.2, 0.25) is 0 Å². The molecule has 0 radical (unpaired) electrons. The van der Waals surface area contributed by atoms with Crippen LogP contribution in [-0.4, -0.2) is 24.8 Å². The smallest absolute Gasteiger partial charge is 0.179 e. The molecule has 18 heavy (non-hydrogen) atoms. The van der Waals surface area contributed by atoms with Gasteiger partial charge in [-0.15, -0.1) is 0 Å². The molecule has 0 bridgehead atoms. The molecule has 0 N–H and O–H groups in total. The molecule has 0 aromatic heterocycles. The second kappa shape index (κ2) is 5.40. The van der Waals surface area contributed by atoms with Crippen LogP contribution in [0, 0.1) is 0 Å². The van der Waals surface area contributed by atoms with Crippen molar-refractivity contribution in [3.63, 3.8) is 0 Å². The first-order valence-electron chi connectivity index (χ1n) is 5.69. The number of benzene rings is 1. The largest absolute Gasteiger partial charge is 0.486 e. The normalized spacial score (nSPS) is 13.2. The minimum absolute atomic E-state index is 0.00742. The predicted octanol–water partition coefficient (Wildman–Crippen LogP) is 2.66. The fraction of sp³-hybridized carbons (Fsp3) is 0.385. The van der Waals surface area contributed by atoms with Gasteiger partial charge in [0.05, 0.1) is 5.02 Å². The topological polar surface area (TPSA) is 52.6 Å². The highest BCUT2D eigenvalue weighted by atomic mass is 35.5. The van der Waals surface area contributed by atoms with Crippen LogP contribution in [0.3, 0.4) is 0 Å². The van der Waals surface area contributed by atoms with Gasteiger partial charge in [0.1, 0.15) is 19.0 Å². The number of Topliss-reactive ketones (excluding diaryl/α,β-unsaturated/α-hetero) is 2. The van der Waals surface area contributed by atoms with E-state index >= 15 is 0 Å². The summed E-state index contributed by atoms with van der Waals surface area (Å²) in [7, 11) is 0. The van der Waals surface area contributed by atoms with Gasteiger partial charge in [-0.1, -0.05) is 11.6 Å². The molecule has 0 saturated heterocycles. The maximum atomic E-state index is 11.9. The Kier molecular flexibility index (Phi) is 3.87. The minimum Gasteiger partial charge on any atom is -0.486 e. The molecule has 0 saturated carbocycles. The van der Waals surface area contributed by atoms with Gasteiger partial charge < -0.3 is 14.3 Å². The van der Waals surface area contributed by atoms with E-state index in [2.05, 4.69) is 0 Å². The van der Waals surface area contributed by atoms with E-state index in [1.54, 1.807) is 12.1 Å². The van der Waals surface area contributed by atoms with E-state index in [0.717, 1.165) is 0 Å². The van der Waals surface area contributed by atoms with Crippen LogP contribution in [0.1, 0.15) is 30.1 Å². The van der Waals surface area contributed by atoms with E-state index < -0.39 is 0 Å². The summed E-state index contributed by atoms with van der Waals surface area (Å²) in [6, 6.07) is 3.17. The van der Waals surface area contributed by atoms with Crippen LogP contribution in [0.2, 0.25) is 5.02 Å². The van der Waals surface area contributed by atoms with Crippen molar-refractivity contribution in [2.45, 2.75) is 19.8 Å². The van der Waals surface area contributed by atoms with Crippen molar-refractivity contribution in [2.75, 3.05) is 13.2 Å². The van der Waals surface area contributed by atoms with Crippen LogP contribution >= 0.6 is 11.6 Å².